The molecule has 0 bridgehead atoms. The normalized spacial score (nSPS) is 13.3. The molecule has 0 aliphatic carbocycles. The third-order valence-electron chi connectivity index (χ3n) is 3.33. The Kier molecular flexibility index (Phi) is 6.34. The zero-order valence-corrected chi connectivity index (χ0v) is 13.7. The van der Waals surface area contributed by atoms with Crippen molar-refractivity contribution in [2.24, 2.45) is 5.41 Å². The van der Waals surface area contributed by atoms with Gasteiger partial charge < -0.3 is 5.11 Å². The molecule has 1 N–H and O–H groups in total. The molecule has 0 radical (unpaired) electrons. The maximum absolute atomic E-state index is 11.0. The number of aliphatic carboxylic acids is 1. The predicted molar refractivity (Wildman–Crippen MR) is 83.0 cm³/mol. The molecule has 1 rings (SSSR count). The maximum atomic E-state index is 11.0. The number of benzene rings is 1. The van der Waals surface area contributed by atoms with Gasteiger partial charge in [-0.2, -0.15) is 0 Å². The van der Waals surface area contributed by atoms with E-state index in [0.29, 0.717) is 6.42 Å². The molecule has 0 aliphatic rings. The summed E-state index contributed by atoms with van der Waals surface area (Å²) in [6.45, 7) is 3.55. The van der Waals surface area contributed by atoms with E-state index in [0.717, 1.165) is 29.8 Å². The first-order valence-corrected chi connectivity index (χ1v) is 7.76. The fourth-order valence-corrected chi connectivity index (χ4v) is 3.00. The van der Waals surface area contributed by atoms with Crippen molar-refractivity contribution in [1.82, 2.24) is 0 Å². The standard InChI is InChI=1S/C15H20BrClO2/c1-15(2,14(18)19)10-6-5-8-12(16)11-7-3-4-9-13(11)17/h3-4,7,9,12H,5-6,8,10H2,1-2H3,(H,18,19). The van der Waals surface area contributed by atoms with Crippen molar-refractivity contribution in [2.45, 2.75) is 44.4 Å². The van der Waals surface area contributed by atoms with E-state index in [2.05, 4.69) is 15.9 Å². The minimum absolute atomic E-state index is 0.231. The zero-order valence-electron chi connectivity index (χ0n) is 11.3. The van der Waals surface area contributed by atoms with Crippen molar-refractivity contribution in [3.8, 4) is 0 Å². The molecule has 1 unspecified atom stereocenters. The molecule has 0 spiro atoms. The second kappa shape index (κ2) is 7.30. The smallest absolute Gasteiger partial charge is 0.309 e. The van der Waals surface area contributed by atoms with Gasteiger partial charge >= 0.3 is 5.97 Å². The van der Waals surface area contributed by atoms with Gasteiger partial charge in [-0.25, -0.2) is 0 Å². The monoisotopic (exact) mass is 346 g/mol. The molecule has 0 aliphatic heterocycles. The second-order valence-electron chi connectivity index (χ2n) is 5.42. The first-order valence-electron chi connectivity index (χ1n) is 6.46. The fraction of sp³-hybridized carbons (Fsp3) is 0.533. The number of hydrogen-bond acceptors (Lipinski definition) is 1. The molecule has 0 heterocycles. The highest BCUT2D eigenvalue weighted by Crippen LogP contribution is 2.34. The van der Waals surface area contributed by atoms with E-state index < -0.39 is 11.4 Å². The quantitative estimate of drug-likeness (QED) is 0.526. The number of rotatable bonds is 7. The van der Waals surface area contributed by atoms with Crippen LogP contribution in [0.15, 0.2) is 24.3 Å². The van der Waals surface area contributed by atoms with Crippen LogP contribution in [0.4, 0.5) is 0 Å². The number of carboxylic acids is 1. The molecule has 19 heavy (non-hydrogen) atoms. The van der Waals surface area contributed by atoms with Gasteiger partial charge in [-0.1, -0.05) is 58.6 Å². The van der Waals surface area contributed by atoms with Crippen molar-refractivity contribution < 1.29 is 9.90 Å². The highest BCUT2D eigenvalue weighted by atomic mass is 79.9. The van der Waals surface area contributed by atoms with E-state index in [4.69, 9.17) is 16.7 Å². The third kappa shape index (κ3) is 5.15. The van der Waals surface area contributed by atoms with Gasteiger partial charge in [-0.3, -0.25) is 4.79 Å². The molecule has 2 nitrogen and oxygen atoms in total. The lowest BCUT2D eigenvalue weighted by molar-refractivity contribution is -0.147. The molecule has 106 valence electrons. The highest BCUT2D eigenvalue weighted by Gasteiger charge is 2.26. The second-order valence-corrected chi connectivity index (χ2v) is 6.94. The summed E-state index contributed by atoms with van der Waals surface area (Å²) in [6, 6.07) is 7.80. The number of hydrogen-bond donors (Lipinski definition) is 1. The summed E-state index contributed by atoms with van der Waals surface area (Å²) in [7, 11) is 0. The van der Waals surface area contributed by atoms with E-state index in [-0.39, 0.29) is 4.83 Å². The van der Waals surface area contributed by atoms with Crippen molar-refractivity contribution in [3.63, 3.8) is 0 Å². The number of halogens is 2. The third-order valence-corrected chi connectivity index (χ3v) is 4.63. The summed E-state index contributed by atoms with van der Waals surface area (Å²) in [5.74, 6) is -0.728. The molecule has 1 aromatic rings. The lowest BCUT2D eigenvalue weighted by Crippen LogP contribution is -2.23. The van der Waals surface area contributed by atoms with Gasteiger partial charge in [0.1, 0.15) is 0 Å². The highest BCUT2D eigenvalue weighted by molar-refractivity contribution is 9.09. The Morgan fingerprint density at radius 2 is 2.00 bits per heavy atom. The minimum Gasteiger partial charge on any atom is -0.481 e. The summed E-state index contributed by atoms with van der Waals surface area (Å²) < 4.78 is 0. The van der Waals surface area contributed by atoms with Crippen LogP contribution in [0.1, 0.15) is 49.9 Å². The number of carbonyl (C=O) groups is 1. The largest absolute Gasteiger partial charge is 0.481 e. The van der Waals surface area contributed by atoms with Gasteiger partial charge in [0, 0.05) is 9.85 Å². The Balaban J connectivity index is 2.38. The molecule has 0 saturated heterocycles. The molecule has 1 atom stereocenters. The number of alkyl halides is 1. The van der Waals surface area contributed by atoms with Gasteiger partial charge in [0.25, 0.3) is 0 Å². The molecular formula is C15H20BrClO2. The van der Waals surface area contributed by atoms with Crippen LogP contribution in [-0.2, 0) is 4.79 Å². The lowest BCUT2D eigenvalue weighted by atomic mass is 9.87. The Labute approximate surface area is 128 Å². The van der Waals surface area contributed by atoms with Gasteiger partial charge in [0.15, 0.2) is 0 Å². The lowest BCUT2D eigenvalue weighted by Gasteiger charge is -2.19. The Morgan fingerprint density at radius 1 is 1.37 bits per heavy atom. The number of unbranched alkanes of at least 4 members (excludes halogenated alkanes) is 1. The van der Waals surface area contributed by atoms with Crippen LogP contribution in [0.3, 0.4) is 0 Å². The molecule has 1 aromatic carbocycles. The first kappa shape index (κ1) is 16.5. The SMILES string of the molecule is CC(C)(CCCCC(Br)c1ccccc1Cl)C(=O)O. The van der Waals surface area contributed by atoms with E-state index in [1.165, 1.54) is 0 Å². The summed E-state index contributed by atoms with van der Waals surface area (Å²) in [5, 5.41) is 9.81. The van der Waals surface area contributed by atoms with Crippen molar-refractivity contribution in [3.05, 3.63) is 34.9 Å². The summed E-state index contributed by atoms with van der Waals surface area (Å²) in [6.07, 6.45) is 3.55. The van der Waals surface area contributed by atoms with Crippen LogP contribution in [0, 0.1) is 5.41 Å². The van der Waals surface area contributed by atoms with Crippen LogP contribution >= 0.6 is 27.5 Å². The van der Waals surface area contributed by atoms with E-state index in [1.807, 2.05) is 24.3 Å². The zero-order chi connectivity index (χ0) is 14.5. The van der Waals surface area contributed by atoms with Crippen molar-refractivity contribution in [1.29, 1.82) is 0 Å². The summed E-state index contributed by atoms with van der Waals surface area (Å²) in [5.41, 5.74) is 0.466. The van der Waals surface area contributed by atoms with Crippen LogP contribution in [0.25, 0.3) is 0 Å². The van der Waals surface area contributed by atoms with E-state index in [1.54, 1.807) is 13.8 Å². The Bertz CT molecular complexity index is 432. The van der Waals surface area contributed by atoms with Gasteiger partial charge in [-0.15, -0.1) is 0 Å². The Hall–Kier alpha value is -0.540. The number of carboxylic acid groups (broad SMARTS) is 1. The fourth-order valence-electron chi connectivity index (χ4n) is 1.88. The van der Waals surface area contributed by atoms with Gasteiger partial charge in [0.2, 0.25) is 0 Å². The molecule has 0 fully saturated rings. The average molecular weight is 348 g/mol. The molecule has 0 aromatic heterocycles. The van der Waals surface area contributed by atoms with Crippen molar-refractivity contribution >= 4 is 33.5 Å². The molecular weight excluding hydrogens is 328 g/mol. The minimum atomic E-state index is -0.728. The molecule has 0 saturated carbocycles. The maximum Gasteiger partial charge on any atom is 0.309 e. The summed E-state index contributed by atoms with van der Waals surface area (Å²) in [4.78, 5) is 11.2. The topological polar surface area (TPSA) is 37.3 Å². The predicted octanol–water partition coefficient (Wildman–Crippen LogP) is 5.45. The van der Waals surface area contributed by atoms with Crippen LogP contribution in [0.5, 0.6) is 0 Å². The van der Waals surface area contributed by atoms with E-state index in [9.17, 15) is 4.79 Å². The van der Waals surface area contributed by atoms with Crippen LogP contribution in [-0.4, -0.2) is 11.1 Å². The van der Waals surface area contributed by atoms with Gasteiger partial charge in [0.05, 0.1) is 5.41 Å². The van der Waals surface area contributed by atoms with Gasteiger partial charge in [-0.05, 0) is 38.3 Å². The summed E-state index contributed by atoms with van der Waals surface area (Å²) >= 11 is 9.78. The van der Waals surface area contributed by atoms with E-state index >= 15 is 0 Å². The molecule has 4 heteroatoms. The van der Waals surface area contributed by atoms with Crippen molar-refractivity contribution in [2.75, 3.05) is 0 Å². The van der Waals surface area contributed by atoms with Crippen LogP contribution in [0.2, 0.25) is 5.02 Å². The first-order chi connectivity index (χ1) is 8.84. The van der Waals surface area contributed by atoms with Crippen LogP contribution < -0.4 is 0 Å². The average Bonchev–Trinajstić information content (AvgIpc) is 2.34. The molecule has 0 amide bonds. The Morgan fingerprint density at radius 3 is 2.58 bits per heavy atom.